The normalized spacial score (nSPS) is 13.9. The molecular weight excluding hydrogens is 435 g/mol. The number of para-hydroxylation sites is 1. The molecular formula is C21H23Cl3N2O3. The average Bonchev–Trinajstić information content (AvgIpc) is 2.67. The molecule has 2 aromatic carbocycles. The summed E-state index contributed by atoms with van der Waals surface area (Å²) in [4.78, 5) is 25.5. The summed E-state index contributed by atoms with van der Waals surface area (Å²) in [6.45, 7) is 6.94. The standard InChI is InChI=1S/C21H23Cl3N2O3/c1-5-21(4,20(28)25-17-9-7-6-8-12(17)2)26-19(27)13(3)29-18-11-15(23)14(22)10-16(18)24/h6-11,13H,5H2,1-4H3,(H,25,28)(H,26,27)/t13-,21-/m1/s1. The van der Waals surface area contributed by atoms with Crippen molar-refractivity contribution in [3.8, 4) is 5.75 Å². The predicted octanol–water partition coefficient (Wildman–Crippen LogP) is 5.65. The summed E-state index contributed by atoms with van der Waals surface area (Å²) in [5, 5.41) is 6.42. The molecule has 0 bridgehead atoms. The molecule has 0 aliphatic rings. The summed E-state index contributed by atoms with van der Waals surface area (Å²) in [6, 6.07) is 10.3. The summed E-state index contributed by atoms with van der Waals surface area (Å²) in [6.07, 6.45) is -0.529. The van der Waals surface area contributed by atoms with Crippen molar-refractivity contribution in [2.45, 2.75) is 45.8 Å². The van der Waals surface area contributed by atoms with E-state index in [4.69, 9.17) is 39.5 Å². The Labute approximate surface area is 185 Å². The van der Waals surface area contributed by atoms with Crippen LogP contribution in [0.25, 0.3) is 0 Å². The van der Waals surface area contributed by atoms with Gasteiger partial charge in [0.1, 0.15) is 11.3 Å². The molecule has 5 nitrogen and oxygen atoms in total. The second-order valence-electron chi connectivity index (χ2n) is 6.90. The van der Waals surface area contributed by atoms with E-state index in [0.29, 0.717) is 12.1 Å². The van der Waals surface area contributed by atoms with Crippen molar-refractivity contribution in [2.24, 2.45) is 0 Å². The first-order valence-electron chi connectivity index (χ1n) is 9.07. The van der Waals surface area contributed by atoms with Crippen LogP contribution in [0.1, 0.15) is 32.8 Å². The smallest absolute Gasteiger partial charge is 0.261 e. The number of ether oxygens (including phenoxy) is 1. The van der Waals surface area contributed by atoms with Gasteiger partial charge in [0.05, 0.1) is 15.1 Å². The first-order chi connectivity index (χ1) is 13.6. The Bertz CT molecular complexity index is 920. The van der Waals surface area contributed by atoms with Crippen LogP contribution in [0.4, 0.5) is 5.69 Å². The average molecular weight is 458 g/mol. The Balaban J connectivity index is 2.10. The van der Waals surface area contributed by atoms with E-state index in [1.54, 1.807) is 13.8 Å². The molecule has 2 aromatic rings. The molecule has 2 atom stereocenters. The molecule has 0 aliphatic heterocycles. The van der Waals surface area contributed by atoms with E-state index in [9.17, 15) is 9.59 Å². The van der Waals surface area contributed by atoms with Gasteiger partial charge in [-0.2, -0.15) is 0 Å². The maximum atomic E-state index is 12.9. The summed E-state index contributed by atoms with van der Waals surface area (Å²) < 4.78 is 5.63. The van der Waals surface area contributed by atoms with Gasteiger partial charge in [0.25, 0.3) is 5.91 Å². The largest absolute Gasteiger partial charge is 0.479 e. The monoisotopic (exact) mass is 456 g/mol. The van der Waals surface area contributed by atoms with Gasteiger partial charge in [-0.15, -0.1) is 0 Å². The predicted molar refractivity (Wildman–Crippen MR) is 118 cm³/mol. The molecule has 0 unspecified atom stereocenters. The van der Waals surface area contributed by atoms with Crippen molar-refractivity contribution >= 4 is 52.3 Å². The van der Waals surface area contributed by atoms with Crippen molar-refractivity contribution in [3.05, 3.63) is 57.0 Å². The van der Waals surface area contributed by atoms with Crippen LogP contribution in [-0.2, 0) is 9.59 Å². The van der Waals surface area contributed by atoms with E-state index in [1.165, 1.54) is 12.1 Å². The van der Waals surface area contributed by atoms with E-state index >= 15 is 0 Å². The van der Waals surface area contributed by atoms with E-state index in [1.807, 2.05) is 38.1 Å². The van der Waals surface area contributed by atoms with Crippen molar-refractivity contribution in [3.63, 3.8) is 0 Å². The molecule has 0 spiro atoms. The zero-order valence-electron chi connectivity index (χ0n) is 16.6. The third-order valence-corrected chi connectivity index (χ3v) is 5.67. The molecule has 0 fully saturated rings. The van der Waals surface area contributed by atoms with Gasteiger partial charge in [-0.3, -0.25) is 9.59 Å². The molecule has 156 valence electrons. The summed E-state index contributed by atoms with van der Waals surface area (Å²) in [5.41, 5.74) is 0.494. The number of hydrogen-bond acceptors (Lipinski definition) is 3. The second kappa shape index (κ2) is 9.70. The van der Waals surface area contributed by atoms with Gasteiger partial charge >= 0.3 is 0 Å². The minimum atomic E-state index is -1.13. The fourth-order valence-corrected chi connectivity index (χ4v) is 3.07. The molecule has 0 heterocycles. The van der Waals surface area contributed by atoms with Crippen LogP contribution in [0.15, 0.2) is 36.4 Å². The highest BCUT2D eigenvalue weighted by Gasteiger charge is 2.35. The maximum Gasteiger partial charge on any atom is 0.261 e. The summed E-state index contributed by atoms with van der Waals surface area (Å²) >= 11 is 18.0. The van der Waals surface area contributed by atoms with Gasteiger partial charge in [-0.25, -0.2) is 0 Å². The van der Waals surface area contributed by atoms with Gasteiger partial charge in [0, 0.05) is 11.8 Å². The minimum Gasteiger partial charge on any atom is -0.479 e. The van der Waals surface area contributed by atoms with Gasteiger partial charge in [0.2, 0.25) is 5.91 Å². The Morgan fingerprint density at radius 2 is 1.72 bits per heavy atom. The quantitative estimate of drug-likeness (QED) is 0.528. The first-order valence-corrected chi connectivity index (χ1v) is 10.2. The number of carbonyl (C=O) groups is 2. The molecule has 29 heavy (non-hydrogen) atoms. The number of anilines is 1. The van der Waals surface area contributed by atoms with E-state index in [0.717, 1.165) is 5.56 Å². The second-order valence-corrected chi connectivity index (χ2v) is 8.12. The van der Waals surface area contributed by atoms with Gasteiger partial charge in [-0.05, 0) is 44.9 Å². The van der Waals surface area contributed by atoms with Crippen molar-refractivity contribution in [1.82, 2.24) is 5.32 Å². The molecule has 2 rings (SSSR count). The topological polar surface area (TPSA) is 67.4 Å². The van der Waals surface area contributed by atoms with Crippen LogP contribution in [-0.4, -0.2) is 23.5 Å². The fourth-order valence-electron chi connectivity index (χ4n) is 2.49. The maximum absolute atomic E-state index is 12.9. The SMILES string of the molecule is CC[C@@](C)(NC(=O)[C@@H](C)Oc1cc(Cl)c(Cl)cc1Cl)C(=O)Nc1ccccc1C. The molecule has 0 radical (unpaired) electrons. The highest BCUT2D eigenvalue weighted by Crippen LogP contribution is 2.34. The van der Waals surface area contributed by atoms with Crippen LogP contribution in [0, 0.1) is 6.92 Å². The number of amides is 2. The van der Waals surface area contributed by atoms with Gasteiger partial charge < -0.3 is 15.4 Å². The zero-order valence-corrected chi connectivity index (χ0v) is 18.9. The van der Waals surface area contributed by atoms with Crippen LogP contribution in [0.5, 0.6) is 5.75 Å². The minimum absolute atomic E-state index is 0.228. The van der Waals surface area contributed by atoms with Crippen LogP contribution < -0.4 is 15.4 Å². The van der Waals surface area contributed by atoms with Crippen molar-refractivity contribution in [1.29, 1.82) is 0 Å². The molecule has 2 amide bonds. The number of rotatable bonds is 7. The molecule has 2 N–H and O–H groups in total. The van der Waals surface area contributed by atoms with Gasteiger partial charge in [-0.1, -0.05) is 59.9 Å². The summed E-state index contributed by atoms with van der Waals surface area (Å²) in [7, 11) is 0. The lowest BCUT2D eigenvalue weighted by atomic mass is 9.96. The first kappa shape index (κ1) is 23.3. The Hall–Kier alpha value is -1.95. The molecule has 0 saturated heterocycles. The fraction of sp³-hybridized carbons (Fsp3) is 0.333. The number of carbonyl (C=O) groups excluding carboxylic acids is 2. The molecule has 0 aromatic heterocycles. The van der Waals surface area contributed by atoms with Crippen LogP contribution in [0.2, 0.25) is 15.1 Å². The summed E-state index contributed by atoms with van der Waals surface area (Å²) in [5.74, 6) is -0.551. The Kier molecular flexibility index (Phi) is 7.80. The van der Waals surface area contributed by atoms with Crippen molar-refractivity contribution < 1.29 is 14.3 Å². The van der Waals surface area contributed by atoms with Gasteiger partial charge in [0.15, 0.2) is 6.10 Å². The van der Waals surface area contributed by atoms with E-state index < -0.39 is 17.6 Å². The Morgan fingerprint density at radius 1 is 1.10 bits per heavy atom. The number of benzene rings is 2. The molecule has 0 saturated carbocycles. The highest BCUT2D eigenvalue weighted by atomic mass is 35.5. The van der Waals surface area contributed by atoms with Crippen LogP contribution >= 0.6 is 34.8 Å². The van der Waals surface area contributed by atoms with Crippen molar-refractivity contribution in [2.75, 3.05) is 5.32 Å². The Morgan fingerprint density at radius 3 is 2.34 bits per heavy atom. The molecule has 8 heteroatoms. The van der Waals surface area contributed by atoms with Crippen LogP contribution in [0.3, 0.4) is 0 Å². The lowest BCUT2D eigenvalue weighted by Gasteiger charge is -2.30. The van der Waals surface area contributed by atoms with E-state index in [-0.39, 0.29) is 26.7 Å². The number of aryl methyl sites for hydroxylation is 1. The third kappa shape index (κ3) is 5.78. The van der Waals surface area contributed by atoms with E-state index in [2.05, 4.69) is 10.6 Å². The lowest BCUT2D eigenvalue weighted by Crippen LogP contribution is -2.56. The number of hydrogen-bond donors (Lipinski definition) is 2. The molecule has 0 aliphatic carbocycles. The number of halogens is 3. The highest BCUT2D eigenvalue weighted by molar-refractivity contribution is 6.43. The lowest BCUT2D eigenvalue weighted by molar-refractivity contribution is -0.134. The number of nitrogens with one attached hydrogen (secondary N) is 2. The third-order valence-electron chi connectivity index (χ3n) is 4.65. The zero-order chi connectivity index (χ0) is 21.8.